The van der Waals surface area contributed by atoms with E-state index < -0.39 is 16.0 Å². The van der Waals surface area contributed by atoms with Gasteiger partial charge in [0.05, 0.1) is 10.6 Å². The highest BCUT2D eigenvalue weighted by Crippen LogP contribution is 2.19. The van der Waals surface area contributed by atoms with Crippen LogP contribution in [0.2, 0.25) is 0 Å². The van der Waals surface area contributed by atoms with Gasteiger partial charge in [-0.1, -0.05) is 36.4 Å². The van der Waals surface area contributed by atoms with Gasteiger partial charge in [-0.05, 0) is 60.0 Å². The number of carbonyl (C=O) groups is 1. The summed E-state index contributed by atoms with van der Waals surface area (Å²) >= 11 is 0. The van der Waals surface area contributed by atoms with Gasteiger partial charge in [0.15, 0.2) is 0 Å². The molecule has 0 amide bonds. The number of pyridine rings is 1. The molecule has 0 aliphatic heterocycles. The zero-order valence-corrected chi connectivity index (χ0v) is 16.3. The lowest BCUT2D eigenvalue weighted by atomic mass is 10.1. The van der Waals surface area contributed by atoms with Gasteiger partial charge in [-0.2, -0.15) is 0 Å². The molecule has 0 spiro atoms. The number of hydrogen-bond donors (Lipinski definition) is 2. The molecule has 0 radical (unpaired) electrons. The van der Waals surface area contributed by atoms with E-state index in [2.05, 4.69) is 9.71 Å². The van der Waals surface area contributed by atoms with Gasteiger partial charge >= 0.3 is 5.97 Å². The number of rotatable bonds is 8. The summed E-state index contributed by atoms with van der Waals surface area (Å²) in [6.45, 7) is 0. The smallest absolute Gasteiger partial charge is 0.303 e. The van der Waals surface area contributed by atoms with Gasteiger partial charge in [0.1, 0.15) is 0 Å². The molecule has 0 fully saturated rings. The highest BCUT2D eigenvalue weighted by atomic mass is 32.2. The summed E-state index contributed by atoms with van der Waals surface area (Å²) in [4.78, 5) is 15.0. The van der Waals surface area contributed by atoms with Gasteiger partial charge in [-0.25, -0.2) is 8.42 Å². The fourth-order valence-electron chi connectivity index (χ4n) is 2.66. The van der Waals surface area contributed by atoms with Crippen molar-refractivity contribution in [2.24, 2.45) is 0 Å². The van der Waals surface area contributed by atoms with Crippen molar-refractivity contribution in [1.29, 1.82) is 0 Å². The summed E-state index contributed by atoms with van der Waals surface area (Å²) in [7, 11) is -3.75. The SMILES string of the molecule is O=C(O)CCc1ccc(S(=O)(=O)Nc2cccc(C=Cc3ccccn3)c2)cc1. The molecule has 1 aromatic heterocycles. The van der Waals surface area contributed by atoms with Crippen molar-refractivity contribution in [1.82, 2.24) is 4.98 Å². The van der Waals surface area contributed by atoms with Crippen LogP contribution in [0.25, 0.3) is 12.2 Å². The molecule has 6 nitrogen and oxygen atoms in total. The molecule has 2 N–H and O–H groups in total. The summed E-state index contributed by atoms with van der Waals surface area (Å²) < 4.78 is 27.8. The van der Waals surface area contributed by atoms with E-state index in [0.29, 0.717) is 12.1 Å². The molecule has 3 rings (SSSR count). The van der Waals surface area contributed by atoms with Crippen molar-refractivity contribution in [2.75, 3.05) is 4.72 Å². The Morgan fingerprint density at radius 2 is 1.79 bits per heavy atom. The molecule has 7 heteroatoms. The topological polar surface area (TPSA) is 96.4 Å². The second-order valence-electron chi connectivity index (χ2n) is 6.36. The molecular formula is C22H20N2O4S. The van der Waals surface area contributed by atoms with E-state index in [1.807, 2.05) is 36.4 Å². The first-order valence-corrected chi connectivity index (χ1v) is 10.4. The van der Waals surface area contributed by atoms with Crippen molar-refractivity contribution in [3.8, 4) is 0 Å². The molecular weight excluding hydrogens is 388 g/mol. The van der Waals surface area contributed by atoms with Crippen LogP contribution in [-0.2, 0) is 21.2 Å². The largest absolute Gasteiger partial charge is 0.481 e. The zero-order chi connectivity index (χ0) is 20.7. The minimum Gasteiger partial charge on any atom is -0.481 e. The Kier molecular flexibility index (Phi) is 6.41. The van der Waals surface area contributed by atoms with E-state index in [1.165, 1.54) is 12.1 Å². The maximum atomic E-state index is 12.6. The van der Waals surface area contributed by atoms with E-state index in [-0.39, 0.29) is 11.3 Å². The molecule has 0 aliphatic rings. The van der Waals surface area contributed by atoms with E-state index in [9.17, 15) is 13.2 Å². The first-order valence-electron chi connectivity index (χ1n) is 8.95. The highest BCUT2D eigenvalue weighted by Gasteiger charge is 2.14. The fraction of sp³-hybridized carbons (Fsp3) is 0.0909. The maximum Gasteiger partial charge on any atom is 0.303 e. The minimum absolute atomic E-state index is 0.00313. The van der Waals surface area contributed by atoms with Crippen LogP contribution in [-0.4, -0.2) is 24.5 Å². The quantitative estimate of drug-likeness (QED) is 0.586. The third-order valence-electron chi connectivity index (χ3n) is 4.13. The van der Waals surface area contributed by atoms with Crippen molar-refractivity contribution in [3.63, 3.8) is 0 Å². The molecule has 148 valence electrons. The molecule has 2 aromatic carbocycles. The maximum absolute atomic E-state index is 12.6. The Labute approximate surface area is 169 Å². The van der Waals surface area contributed by atoms with Gasteiger partial charge in [0.25, 0.3) is 10.0 Å². The van der Waals surface area contributed by atoms with Crippen molar-refractivity contribution in [3.05, 3.63) is 89.7 Å². The number of sulfonamides is 1. The Balaban J connectivity index is 1.71. The monoisotopic (exact) mass is 408 g/mol. The summed E-state index contributed by atoms with van der Waals surface area (Å²) in [6, 6.07) is 18.9. The molecule has 0 saturated heterocycles. The van der Waals surface area contributed by atoms with Crippen LogP contribution in [0.4, 0.5) is 5.69 Å². The number of aromatic nitrogens is 1. The van der Waals surface area contributed by atoms with E-state index >= 15 is 0 Å². The van der Waals surface area contributed by atoms with Gasteiger partial charge in [0.2, 0.25) is 0 Å². The molecule has 29 heavy (non-hydrogen) atoms. The van der Waals surface area contributed by atoms with Crippen molar-refractivity contribution in [2.45, 2.75) is 17.7 Å². The standard InChI is InChI=1S/C22H20N2O4S/c25-22(26)14-10-17-8-12-21(13-9-17)29(27,28)24-20-6-3-4-18(16-20)7-11-19-5-1-2-15-23-19/h1-9,11-13,15-16,24H,10,14H2,(H,25,26). The van der Waals surface area contributed by atoms with Crippen LogP contribution in [0, 0.1) is 0 Å². The molecule has 0 bridgehead atoms. The number of carboxylic acids is 1. The number of hydrogen-bond acceptors (Lipinski definition) is 4. The summed E-state index contributed by atoms with van der Waals surface area (Å²) in [6.07, 6.45) is 5.77. The average molecular weight is 408 g/mol. The van der Waals surface area contributed by atoms with Gasteiger partial charge < -0.3 is 5.11 Å². The number of carboxylic acid groups (broad SMARTS) is 1. The molecule has 0 atom stereocenters. The number of nitrogens with zero attached hydrogens (tertiary/aromatic N) is 1. The Morgan fingerprint density at radius 3 is 2.48 bits per heavy atom. The molecule has 0 saturated carbocycles. The van der Waals surface area contributed by atoms with Crippen LogP contribution < -0.4 is 4.72 Å². The van der Waals surface area contributed by atoms with Crippen molar-refractivity contribution >= 4 is 33.8 Å². The van der Waals surface area contributed by atoms with E-state index in [1.54, 1.807) is 36.5 Å². The third-order valence-corrected chi connectivity index (χ3v) is 5.53. The zero-order valence-electron chi connectivity index (χ0n) is 15.5. The summed E-state index contributed by atoms with van der Waals surface area (Å²) in [5.74, 6) is -0.889. The number of benzene rings is 2. The van der Waals surface area contributed by atoms with Crippen LogP contribution in [0.15, 0.2) is 77.8 Å². The van der Waals surface area contributed by atoms with E-state index in [0.717, 1.165) is 16.8 Å². The van der Waals surface area contributed by atoms with Crippen LogP contribution in [0.3, 0.4) is 0 Å². The van der Waals surface area contributed by atoms with Gasteiger partial charge in [-0.3, -0.25) is 14.5 Å². The lowest BCUT2D eigenvalue weighted by molar-refractivity contribution is -0.136. The number of nitrogens with one attached hydrogen (secondary N) is 1. The predicted octanol–water partition coefficient (Wildman–Crippen LogP) is 4.07. The Morgan fingerprint density at radius 1 is 1.00 bits per heavy atom. The van der Waals surface area contributed by atoms with Crippen molar-refractivity contribution < 1.29 is 18.3 Å². The molecule has 1 heterocycles. The summed E-state index contributed by atoms with van der Waals surface area (Å²) in [5.41, 5.74) is 2.86. The number of aryl methyl sites for hydroxylation is 1. The van der Waals surface area contributed by atoms with Crippen LogP contribution >= 0.6 is 0 Å². The Hall–Kier alpha value is -3.45. The Bertz CT molecular complexity index is 1110. The highest BCUT2D eigenvalue weighted by molar-refractivity contribution is 7.92. The van der Waals surface area contributed by atoms with Gasteiger partial charge in [0, 0.05) is 18.3 Å². The van der Waals surface area contributed by atoms with Gasteiger partial charge in [-0.15, -0.1) is 0 Å². The first-order chi connectivity index (χ1) is 13.9. The number of anilines is 1. The average Bonchev–Trinajstić information content (AvgIpc) is 2.72. The second kappa shape index (κ2) is 9.16. The normalized spacial score (nSPS) is 11.4. The second-order valence-corrected chi connectivity index (χ2v) is 8.04. The fourth-order valence-corrected chi connectivity index (χ4v) is 3.71. The molecule has 0 aliphatic carbocycles. The lowest BCUT2D eigenvalue weighted by Crippen LogP contribution is -2.13. The van der Waals surface area contributed by atoms with E-state index in [4.69, 9.17) is 5.11 Å². The summed E-state index contributed by atoms with van der Waals surface area (Å²) in [5, 5.41) is 8.73. The molecule has 3 aromatic rings. The molecule has 0 unspecified atom stereocenters. The third kappa shape index (κ3) is 6.02. The van der Waals surface area contributed by atoms with Crippen LogP contribution in [0.5, 0.6) is 0 Å². The predicted molar refractivity (Wildman–Crippen MR) is 113 cm³/mol. The number of aliphatic carboxylic acids is 1. The minimum atomic E-state index is -3.75. The lowest BCUT2D eigenvalue weighted by Gasteiger charge is -2.09. The first kappa shape index (κ1) is 20.3. The van der Waals surface area contributed by atoms with Crippen LogP contribution in [0.1, 0.15) is 23.2 Å².